The van der Waals surface area contributed by atoms with E-state index >= 15 is 0 Å². The molecule has 3 N–H and O–H groups in total. The zero-order valence-electron chi connectivity index (χ0n) is 15.6. The second-order valence-corrected chi connectivity index (χ2v) is 9.61. The lowest BCUT2D eigenvalue weighted by atomic mass is 10.1. The molecule has 0 saturated carbocycles. The van der Waals surface area contributed by atoms with Crippen molar-refractivity contribution in [1.82, 2.24) is 25.6 Å². The van der Waals surface area contributed by atoms with Crippen molar-refractivity contribution in [3.8, 4) is 11.3 Å². The molecule has 0 radical (unpaired) electrons. The molecule has 1 aliphatic rings. The number of hydrogen-bond acceptors (Lipinski definition) is 6. The van der Waals surface area contributed by atoms with Crippen LogP contribution in [0.15, 0.2) is 41.6 Å². The molecular weight excluding hydrogens is 378 g/mol. The Kier molecular flexibility index (Phi) is 4.64. The van der Waals surface area contributed by atoms with E-state index in [9.17, 15) is 13.2 Å². The third-order valence-electron chi connectivity index (χ3n) is 4.84. The van der Waals surface area contributed by atoms with E-state index in [2.05, 4.69) is 25.6 Å². The number of carbonyl (C=O) groups is 1. The number of sulfone groups is 1. The summed E-state index contributed by atoms with van der Waals surface area (Å²) >= 11 is 0. The molecule has 4 rings (SSSR count). The third kappa shape index (κ3) is 3.27. The Hall–Kier alpha value is -2.78. The van der Waals surface area contributed by atoms with Gasteiger partial charge in [0.15, 0.2) is 15.5 Å². The Morgan fingerprint density at radius 3 is 2.54 bits per heavy atom. The van der Waals surface area contributed by atoms with Crippen LogP contribution in [-0.2, 0) is 9.84 Å². The zero-order chi connectivity index (χ0) is 19.9. The number of rotatable bonds is 5. The van der Waals surface area contributed by atoms with Crippen LogP contribution in [0.25, 0.3) is 22.4 Å². The van der Waals surface area contributed by atoms with E-state index in [0.29, 0.717) is 22.4 Å². The topological polar surface area (TPSA) is 117 Å². The van der Waals surface area contributed by atoms with Crippen LogP contribution in [0, 0.1) is 0 Å². The van der Waals surface area contributed by atoms with Crippen LogP contribution < -0.4 is 10.6 Å². The number of nitrogens with one attached hydrogen (secondary N) is 3. The maximum absolute atomic E-state index is 12.5. The summed E-state index contributed by atoms with van der Waals surface area (Å²) in [6, 6.07) is 6.69. The number of fused-ring (bicyclic) bond motifs is 1. The Morgan fingerprint density at radius 1 is 1.21 bits per heavy atom. The molecule has 1 aromatic carbocycles. The molecule has 28 heavy (non-hydrogen) atoms. The summed E-state index contributed by atoms with van der Waals surface area (Å²) in [4.78, 5) is 24.7. The molecule has 1 aliphatic heterocycles. The van der Waals surface area contributed by atoms with E-state index in [1.54, 1.807) is 50.5 Å². The summed E-state index contributed by atoms with van der Waals surface area (Å²) < 4.78 is 24.6. The van der Waals surface area contributed by atoms with Crippen LogP contribution in [0.1, 0.15) is 24.2 Å². The zero-order valence-corrected chi connectivity index (χ0v) is 16.4. The van der Waals surface area contributed by atoms with E-state index in [-0.39, 0.29) is 16.8 Å². The smallest absolute Gasteiger partial charge is 0.255 e. The average molecular weight is 399 g/mol. The van der Waals surface area contributed by atoms with Crippen LogP contribution in [-0.4, -0.2) is 53.7 Å². The van der Waals surface area contributed by atoms with Crippen molar-refractivity contribution >= 4 is 26.9 Å². The van der Waals surface area contributed by atoms with Crippen LogP contribution in [0.5, 0.6) is 0 Å². The van der Waals surface area contributed by atoms with Gasteiger partial charge in [-0.1, -0.05) is 12.1 Å². The number of amides is 1. The quantitative estimate of drug-likeness (QED) is 0.599. The van der Waals surface area contributed by atoms with Crippen LogP contribution in [0.2, 0.25) is 0 Å². The highest BCUT2D eigenvalue weighted by molar-refractivity contribution is 7.92. The minimum absolute atomic E-state index is 0.129. The summed E-state index contributed by atoms with van der Waals surface area (Å²) in [6.07, 6.45) is 3.20. The van der Waals surface area contributed by atoms with Gasteiger partial charge in [-0.15, -0.1) is 0 Å². The standard InChI is InChI=1S/C19H21N5O3S/c1-11(2)28(26,27)14-5-3-12(4-6-14)16-10-22-18-17(24-16)15(9-21-18)19(25)23-13-7-20-8-13/h3-6,9-11,13,20H,7-8H2,1-2H3,(H,21,22)(H,23,25). The summed E-state index contributed by atoms with van der Waals surface area (Å²) in [5.74, 6) is -0.192. The Bertz CT molecular complexity index is 1130. The van der Waals surface area contributed by atoms with E-state index in [1.807, 2.05) is 0 Å². The fourth-order valence-corrected chi connectivity index (χ4v) is 4.00. The van der Waals surface area contributed by atoms with Gasteiger partial charge in [-0.3, -0.25) is 4.79 Å². The summed E-state index contributed by atoms with van der Waals surface area (Å²) in [7, 11) is -3.33. The summed E-state index contributed by atoms with van der Waals surface area (Å²) in [5.41, 5.74) is 2.75. The van der Waals surface area contributed by atoms with Gasteiger partial charge in [0, 0.05) is 24.8 Å². The maximum Gasteiger partial charge on any atom is 0.255 e. The molecule has 146 valence electrons. The lowest BCUT2D eigenvalue weighted by Crippen LogP contribution is -2.56. The minimum Gasteiger partial charge on any atom is -0.347 e. The molecule has 0 atom stereocenters. The first-order chi connectivity index (χ1) is 13.4. The van der Waals surface area contributed by atoms with E-state index in [1.165, 1.54) is 0 Å². The molecule has 3 aromatic rings. The van der Waals surface area contributed by atoms with Crippen molar-refractivity contribution < 1.29 is 13.2 Å². The van der Waals surface area contributed by atoms with Crippen molar-refractivity contribution in [2.45, 2.75) is 30.0 Å². The van der Waals surface area contributed by atoms with Gasteiger partial charge in [-0.25, -0.2) is 18.4 Å². The van der Waals surface area contributed by atoms with Crippen LogP contribution >= 0.6 is 0 Å². The number of H-pyrrole nitrogens is 1. The van der Waals surface area contributed by atoms with Gasteiger partial charge in [-0.05, 0) is 26.0 Å². The van der Waals surface area contributed by atoms with E-state index < -0.39 is 15.1 Å². The SMILES string of the molecule is CC(C)S(=O)(=O)c1ccc(-c2cnc3[nH]cc(C(=O)NC4CNC4)c3n2)cc1. The van der Waals surface area contributed by atoms with Crippen molar-refractivity contribution in [2.24, 2.45) is 0 Å². The molecule has 2 aromatic heterocycles. The first-order valence-corrected chi connectivity index (χ1v) is 10.6. The predicted octanol–water partition coefficient (Wildman–Crippen LogP) is 1.51. The van der Waals surface area contributed by atoms with Gasteiger partial charge in [0.2, 0.25) is 0 Å². The highest BCUT2D eigenvalue weighted by Crippen LogP contribution is 2.24. The van der Waals surface area contributed by atoms with Gasteiger partial charge >= 0.3 is 0 Å². The molecule has 1 fully saturated rings. The molecule has 0 aliphatic carbocycles. The Balaban J connectivity index is 1.66. The number of carbonyl (C=O) groups excluding carboxylic acids is 1. The molecule has 3 heterocycles. The number of benzene rings is 1. The first-order valence-electron chi connectivity index (χ1n) is 9.06. The maximum atomic E-state index is 12.5. The lowest BCUT2D eigenvalue weighted by molar-refractivity contribution is 0.0925. The highest BCUT2D eigenvalue weighted by atomic mass is 32.2. The van der Waals surface area contributed by atoms with Gasteiger partial charge in [-0.2, -0.15) is 0 Å². The molecule has 8 nitrogen and oxygen atoms in total. The van der Waals surface area contributed by atoms with Crippen LogP contribution in [0.4, 0.5) is 0 Å². The lowest BCUT2D eigenvalue weighted by Gasteiger charge is -2.27. The second kappa shape index (κ2) is 6.99. The Labute approximate surface area is 162 Å². The van der Waals surface area contributed by atoms with Crippen LogP contribution in [0.3, 0.4) is 0 Å². The minimum atomic E-state index is -3.33. The molecule has 0 bridgehead atoms. The van der Waals surface area contributed by atoms with Crippen molar-refractivity contribution in [1.29, 1.82) is 0 Å². The number of hydrogen-bond donors (Lipinski definition) is 3. The predicted molar refractivity (Wildman–Crippen MR) is 106 cm³/mol. The summed E-state index contributed by atoms with van der Waals surface area (Å²) in [6.45, 7) is 4.83. The fraction of sp³-hybridized carbons (Fsp3) is 0.316. The normalized spacial score (nSPS) is 15.0. The highest BCUT2D eigenvalue weighted by Gasteiger charge is 2.22. The summed E-state index contributed by atoms with van der Waals surface area (Å²) in [5, 5.41) is 5.57. The molecule has 1 saturated heterocycles. The van der Waals surface area contributed by atoms with E-state index in [4.69, 9.17) is 0 Å². The number of nitrogens with zero attached hydrogens (tertiary/aromatic N) is 2. The molecule has 0 spiro atoms. The van der Waals surface area contributed by atoms with Gasteiger partial charge in [0.05, 0.1) is 33.6 Å². The molecule has 9 heteroatoms. The van der Waals surface area contributed by atoms with Gasteiger partial charge in [0.1, 0.15) is 5.52 Å². The van der Waals surface area contributed by atoms with E-state index in [0.717, 1.165) is 18.7 Å². The molecule has 1 amide bonds. The monoisotopic (exact) mass is 399 g/mol. The Morgan fingerprint density at radius 2 is 1.93 bits per heavy atom. The first kappa shape index (κ1) is 18.6. The second-order valence-electron chi connectivity index (χ2n) is 7.10. The van der Waals surface area contributed by atoms with Gasteiger partial charge < -0.3 is 15.6 Å². The van der Waals surface area contributed by atoms with Crippen molar-refractivity contribution in [3.05, 3.63) is 42.2 Å². The number of aromatic nitrogens is 3. The average Bonchev–Trinajstić information content (AvgIpc) is 3.07. The van der Waals surface area contributed by atoms with Crippen molar-refractivity contribution in [2.75, 3.05) is 13.1 Å². The number of aromatic amines is 1. The third-order valence-corrected chi connectivity index (χ3v) is 7.01. The fourth-order valence-electron chi connectivity index (χ4n) is 2.94. The largest absolute Gasteiger partial charge is 0.347 e. The molecular formula is C19H21N5O3S. The van der Waals surface area contributed by atoms with Gasteiger partial charge in [0.25, 0.3) is 5.91 Å². The van der Waals surface area contributed by atoms with Crippen molar-refractivity contribution in [3.63, 3.8) is 0 Å². The molecule has 0 unspecified atom stereocenters.